The summed E-state index contributed by atoms with van der Waals surface area (Å²) in [5.74, 6) is -1.29. The van der Waals surface area contributed by atoms with Crippen molar-refractivity contribution in [2.24, 2.45) is 0 Å². The molecule has 0 radical (unpaired) electrons. The Morgan fingerprint density at radius 3 is 1.92 bits per heavy atom. The Kier molecular flexibility index (Phi) is 6.29. The number of nitro benzene ring substituents is 2. The maximum Gasteiger partial charge on any atom is 0.342 e. The number of carbonyl (C=O) groups is 1. The molecule has 128 valence electrons. The molecular weight excluding hydrogens is 330 g/mol. The van der Waals surface area contributed by atoms with Gasteiger partial charge in [-0.1, -0.05) is 12.1 Å². The van der Waals surface area contributed by atoms with Gasteiger partial charge in [-0.3, -0.25) is 20.2 Å². The van der Waals surface area contributed by atoms with Gasteiger partial charge in [-0.25, -0.2) is 4.79 Å². The molecule has 0 saturated heterocycles. The highest BCUT2D eigenvalue weighted by molar-refractivity contribution is 5.92. The van der Waals surface area contributed by atoms with E-state index in [4.69, 9.17) is 10.4 Å². The summed E-state index contributed by atoms with van der Waals surface area (Å²) < 4.78 is 0. The predicted molar refractivity (Wildman–Crippen MR) is 87.3 cm³/mol. The fraction of sp³-hybridized carbons (Fsp3) is 0.125. The third-order valence-corrected chi connectivity index (χ3v) is 3.05. The summed E-state index contributed by atoms with van der Waals surface area (Å²) in [5.41, 5.74) is 0.767. The molecule has 1 N–H and O–H groups in total. The summed E-state index contributed by atoms with van der Waals surface area (Å²) >= 11 is 0. The number of nitrogens with zero attached hydrogens (tertiary/aromatic N) is 3. The number of nitriles is 1. The lowest BCUT2D eigenvalue weighted by atomic mass is 10.1. The number of nitro groups is 2. The normalized spacial score (nSPS) is 9.32. The molecule has 0 unspecified atom stereocenters. The molecule has 0 saturated carbocycles. The van der Waals surface area contributed by atoms with Crippen LogP contribution in [0, 0.1) is 45.4 Å². The average Bonchev–Trinajstić information content (AvgIpc) is 2.54. The van der Waals surface area contributed by atoms with E-state index in [0.29, 0.717) is 5.56 Å². The number of hydrogen-bond acceptors (Lipinski definition) is 6. The Morgan fingerprint density at radius 1 is 1.00 bits per heavy atom. The maximum absolute atomic E-state index is 10.5. The molecule has 0 bridgehead atoms. The van der Waals surface area contributed by atoms with Crippen LogP contribution < -0.4 is 0 Å². The van der Waals surface area contributed by atoms with Gasteiger partial charge in [0.2, 0.25) is 0 Å². The third kappa shape index (κ3) is 5.11. The molecule has 0 aliphatic heterocycles. The van der Waals surface area contributed by atoms with Gasteiger partial charge in [0.1, 0.15) is 17.2 Å². The molecule has 0 spiro atoms. The second kappa shape index (κ2) is 8.16. The van der Waals surface area contributed by atoms with Crippen LogP contribution in [0.5, 0.6) is 0 Å². The number of carboxylic acids is 1. The van der Waals surface area contributed by atoms with Crippen LogP contribution >= 0.6 is 0 Å². The molecule has 0 aliphatic carbocycles. The second-order valence-electron chi connectivity index (χ2n) is 4.97. The van der Waals surface area contributed by atoms with Gasteiger partial charge in [0.15, 0.2) is 0 Å². The molecule has 0 heterocycles. The summed E-state index contributed by atoms with van der Waals surface area (Å²) in [6.07, 6.45) is 0. The zero-order valence-electron chi connectivity index (χ0n) is 13.3. The minimum absolute atomic E-state index is 0.102. The van der Waals surface area contributed by atoms with Crippen LogP contribution in [0.3, 0.4) is 0 Å². The molecule has 9 heteroatoms. The smallest absolute Gasteiger partial charge is 0.342 e. The number of aromatic carboxylic acids is 1. The highest BCUT2D eigenvalue weighted by Crippen LogP contribution is 2.20. The molecule has 9 nitrogen and oxygen atoms in total. The van der Waals surface area contributed by atoms with Gasteiger partial charge in [-0.05, 0) is 37.1 Å². The molecule has 2 aromatic carbocycles. The van der Waals surface area contributed by atoms with Crippen LogP contribution in [-0.2, 0) is 0 Å². The minimum Gasteiger partial charge on any atom is -0.477 e. The van der Waals surface area contributed by atoms with Crippen molar-refractivity contribution in [3.63, 3.8) is 0 Å². The van der Waals surface area contributed by atoms with E-state index in [2.05, 4.69) is 0 Å². The van der Waals surface area contributed by atoms with E-state index in [1.165, 1.54) is 30.3 Å². The summed E-state index contributed by atoms with van der Waals surface area (Å²) in [4.78, 5) is 30.1. The van der Waals surface area contributed by atoms with Crippen LogP contribution in [0.25, 0.3) is 0 Å². The van der Waals surface area contributed by atoms with Crippen molar-refractivity contribution in [1.29, 1.82) is 5.26 Å². The predicted octanol–water partition coefficient (Wildman–Crippen LogP) is 3.38. The zero-order chi connectivity index (χ0) is 19.1. The number of carboxylic acid groups (broad SMARTS) is 1. The van der Waals surface area contributed by atoms with Gasteiger partial charge in [-0.15, -0.1) is 0 Å². The lowest BCUT2D eigenvalue weighted by molar-refractivity contribution is -0.385. The van der Waals surface area contributed by atoms with E-state index in [1.807, 2.05) is 0 Å². The van der Waals surface area contributed by atoms with Crippen molar-refractivity contribution in [2.45, 2.75) is 13.8 Å². The van der Waals surface area contributed by atoms with Crippen molar-refractivity contribution in [1.82, 2.24) is 0 Å². The first-order valence-electron chi connectivity index (χ1n) is 6.80. The first kappa shape index (κ1) is 19.2. The first-order chi connectivity index (χ1) is 11.7. The highest BCUT2D eigenvalue weighted by atomic mass is 16.6. The Labute approximate surface area is 142 Å². The SMILES string of the molecule is Cc1ccc(C#N)c([N+](=O)[O-])c1.Cc1ccc(C(=O)O)c([N+](=O)[O-])c1. The Morgan fingerprint density at radius 2 is 1.48 bits per heavy atom. The van der Waals surface area contributed by atoms with E-state index in [0.717, 1.165) is 5.56 Å². The summed E-state index contributed by atoms with van der Waals surface area (Å²) in [6, 6.07) is 10.3. The number of rotatable bonds is 3. The van der Waals surface area contributed by atoms with Crippen LogP contribution in [0.1, 0.15) is 27.0 Å². The first-order valence-corrected chi connectivity index (χ1v) is 6.80. The lowest BCUT2D eigenvalue weighted by Gasteiger charge is -1.98. The number of aryl methyl sites for hydroxylation is 2. The van der Waals surface area contributed by atoms with Crippen molar-refractivity contribution in [3.8, 4) is 6.07 Å². The van der Waals surface area contributed by atoms with E-state index in [1.54, 1.807) is 26.0 Å². The standard InChI is InChI=1S/C8H6N2O2.C8H7NO4/c1-6-2-3-7(5-9)8(4-6)10(11)12;1-5-2-3-6(8(10)11)7(4-5)9(12)13/h2-4H,1H3;2-4H,1H3,(H,10,11). The summed E-state index contributed by atoms with van der Waals surface area (Å²) in [6.45, 7) is 3.41. The van der Waals surface area contributed by atoms with Gasteiger partial charge >= 0.3 is 5.97 Å². The molecule has 0 amide bonds. The van der Waals surface area contributed by atoms with Gasteiger partial charge < -0.3 is 5.11 Å². The molecule has 25 heavy (non-hydrogen) atoms. The lowest BCUT2D eigenvalue weighted by Crippen LogP contribution is -2.02. The molecule has 0 fully saturated rings. The molecule has 2 aromatic rings. The fourth-order valence-electron chi connectivity index (χ4n) is 1.86. The van der Waals surface area contributed by atoms with E-state index >= 15 is 0 Å². The molecule has 0 atom stereocenters. The third-order valence-electron chi connectivity index (χ3n) is 3.05. The topological polar surface area (TPSA) is 147 Å². The maximum atomic E-state index is 10.5. The van der Waals surface area contributed by atoms with Gasteiger partial charge in [0, 0.05) is 12.1 Å². The Balaban J connectivity index is 0.000000251. The highest BCUT2D eigenvalue weighted by Gasteiger charge is 2.18. The van der Waals surface area contributed by atoms with Crippen LogP contribution in [-0.4, -0.2) is 20.9 Å². The van der Waals surface area contributed by atoms with E-state index < -0.39 is 15.8 Å². The molecule has 0 aliphatic rings. The molecular formula is C16H13N3O6. The van der Waals surface area contributed by atoms with Crippen molar-refractivity contribution in [3.05, 3.63) is 78.9 Å². The Bertz CT molecular complexity index is 886. The van der Waals surface area contributed by atoms with E-state index in [-0.39, 0.29) is 22.5 Å². The average molecular weight is 343 g/mol. The largest absolute Gasteiger partial charge is 0.477 e. The van der Waals surface area contributed by atoms with Crippen molar-refractivity contribution < 1.29 is 19.7 Å². The summed E-state index contributed by atoms with van der Waals surface area (Å²) in [5, 5.41) is 37.9. The number of hydrogen-bond donors (Lipinski definition) is 1. The minimum atomic E-state index is -1.29. The fourth-order valence-corrected chi connectivity index (χ4v) is 1.86. The van der Waals surface area contributed by atoms with Crippen LogP contribution in [0.2, 0.25) is 0 Å². The molecule has 2 rings (SSSR count). The second-order valence-corrected chi connectivity index (χ2v) is 4.97. The van der Waals surface area contributed by atoms with Crippen molar-refractivity contribution >= 4 is 17.3 Å². The molecule has 0 aromatic heterocycles. The van der Waals surface area contributed by atoms with Gasteiger partial charge in [0.05, 0.1) is 9.85 Å². The Hall–Kier alpha value is -3.80. The monoisotopic (exact) mass is 343 g/mol. The van der Waals surface area contributed by atoms with Crippen molar-refractivity contribution in [2.75, 3.05) is 0 Å². The van der Waals surface area contributed by atoms with Gasteiger partial charge in [0.25, 0.3) is 11.4 Å². The van der Waals surface area contributed by atoms with Gasteiger partial charge in [-0.2, -0.15) is 5.26 Å². The quantitative estimate of drug-likeness (QED) is 0.663. The van der Waals surface area contributed by atoms with Crippen LogP contribution in [0.15, 0.2) is 36.4 Å². The van der Waals surface area contributed by atoms with Crippen LogP contribution in [0.4, 0.5) is 11.4 Å². The number of benzene rings is 2. The zero-order valence-corrected chi connectivity index (χ0v) is 13.3. The summed E-state index contributed by atoms with van der Waals surface area (Å²) in [7, 11) is 0. The van der Waals surface area contributed by atoms with E-state index in [9.17, 15) is 25.0 Å².